The first kappa shape index (κ1) is 23.6. The first-order chi connectivity index (χ1) is 8.21. The van der Waals surface area contributed by atoms with Crippen molar-refractivity contribution in [1.82, 2.24) is 0 Å². The standard InChI is InChI=1S/C6H14O2Si.C4H12OSi.C3H6O/c1-6(7)8-5-9(2,3)4;1-6(2,3)4-5;1-3(2)4/h5H2,1-4H3;5H,4H2,1-3H3;1-2H3. The summed E-state index contributed by atoms with van der Waals surface area (Å²) < 4.78 is 4.83. The first-order valence-corrected chi connectivity index (χ1v) is 13.8. The molecular weight excluding hydrogens is 276 g/mol. The van der Waals surface area contributed by atoms with Crippen molar-refractivity contribution < 1.29 is 19.4 Å². The van der Waals surface area contributed by atoms with E-state index < -0.39 is 16.1 Å². The fraction of sp³-hybridized carbons (Fsp3) is 0.846. The highest BCUT2D eigenvalue weighted by Crippen LogP contribution is 1.99. The van der Waals surface area contributed by atoms with Gasteiger partial charge >= 0.3 is 5.97 Å². The highest BCUT2D eigenvalue weighted by Gasteiger charge is 2.14. The topological polar surface area (TPSA) is 63.6 Å². The van der Waals surface area contributed by atoms with Crippen LogP contribution < -0.4 is 0 Å². The van der Waals surface area contributed by atoms with Crippen LogP contribution in [0.5, 0.6) is 0 Å². The Morgan fingerprint density at radius 1 is 0.895 bits per heavy atom. The Hall–Kier alpha value is -0.466. The van der Waals surface area contributed by atoms with Crippen LogP contribution >= 0.6 is 0 Å². The van der Waals surface area contributed by atoms with Gasteiger partial charge in [0.1, 0.15) is 5.78 Å². The van der Waals surface area contributed by atoms with E-state index >= 15 is 0 Å². The lowest BCUT2D eigenvalue weighted by atomic mass is 10.6. The normalized spacial score (nSPS) is 10.4. The SMILES string of the molecule is CC(=O)OC[Si](C)(C)C.CC(C)=O.C[Si](C)(C)CO. The van der Waals surface area contributed by atoms with Gasteiger partial charge in [0.05, 0.1) is 22.4 Å². The molecule has 0 aromatic heterocycles. The van der Waals surface area contributed by atoms with Crippen LogP contribution in [0.3, 0.4) is 0 Å². The molecule has 0 unspecified atom stereocenters. The van der Waals surface area contributed by atoms with Gasteiger partial charge in [-0.25, -0.2) is 0 Å². The van der Waals surface area contributed by atoms with Gasteiger partial charge in [0.25, 0.3) is 0 Å². The van der Waals surface area contributed by atoms with Crippen LogP contribution in [-0.2, 0) is 14.3 Å². The van der Waals surface area contributed by atoms with E-state index in [-0.39, 0.29) is 11.8 Å². The zero-order valence-corrected chi connectivity index (χ0v) is 16.1. The van der Waals surface area contributed by atoms with Crippen molar-refractivity contribution >= 4 is 27.9 Å². The second-order valence-corrected chi connectivity index (χ2v) is 17.8. The Bertz CT molecular complexity index is 248. The molecule has 0 saturated heterocycles. The maximum Gasteiger partial charge on any atom is 0.302 e. The lowest BCUT2D eigenvalue weighted by Crippen LogP contribution is -2.29. The molecule has 0 aliphatic carbocycles. The molecule has 0 heterocycles. The molecule has 0 aliphatic rings. The van der Waals surface area contributed by atoms with E-state index in [1.54, 1.807) is 0 Å². The van der Waals surface area contributed by atoms with Crippen LogP contribution in [0.15, 0.2) is 0 Å². The predicted molar refractivity (Wildman–Crippen MR) is 86.8 cm³/mol. The zero-order chi connectivity index (χ0) is 16.3. The fourth-order valence-corrected chi connectivity index (χ4v) is 0.954. The molecule has 0 aliphatic heterocycles. The van der Waals surface area contributed by atoms with Crippen LogP contribution in [0, 0.1) is 0 Å². The summed E-state index contributed by atoms with van der Waals surface area (Å²) in [6.07, 6.45) is 1.05. The van der Waals surface area contributed by atoms with Crippen molar-refractivity contribution in [2.24, 2.45) is 0 Å². The Morgan fingerprint density at radius 2 is 1.16 bits per heavy atom. The van der Waals surface area contributed by atoms with Crippen molar-refractivity contribution in [3.05, 3.63) is 0 Å². The molecule has 0 rings (SSSR count). The Kier molecular flexibility index (Phi) is 14.1. The molecule has 0 atom stereocenters. The number of rotatable bonds is 3. The van der Waals surface area contributed by atoms with Crippen molar-refractivity contribution in [3.8, 4) is 0 Å². The molecule has 19 heavy (non-hydrogen) atoms. The van der Waals surface area contributed by atoms with Gasteiger partial charge in [-0.1, -0.05) is 39.3 Å². The van der Waals surface area contributed by atoms with Gasteiger partial charge in [-0.3, -0.25) is 4.79 Å². The number of Topliss-reactive ketones (excluding diaryl/α,β-unsaturated/α-hetero) is 1. The summed E-state index contributed by atoms with van der Waals surface area (Å²) in [5, 5.41) is 8.46. The largest absolute Gasteiger partial charge is 0.470 e. The van der Waals surface area contributed by atoms with Crippen molar-refractivity contribution in [1.29, 1.82) is 0 Å². The van der Waals surface area contributed by atoms with E-state index in [9.17, 15) is 9.59 Å². The minimum atomic E-state index is -1.16. The van der Waals surface area contributed by atoms with E-state index in [0.29, 0.717) is 12.5 Å². The van der Waals surface area contributed by atoms with Gasteiger partial charge in [-0.2, -0.15) is 0 Å². The van der Waals surface area contributed by atoms with Crippen molar-refractivity contribution in [2.75, 3.05) is 12.5 Å². The number of carbonyl (C=O) groups is 2. The molecule has 0 radical (unpaired) electrons. The number of aliphatic hydroxyl groups is 1. The van der Waals surface area contributed by atoms with E-state index in [1.165, 1.54) is 20.8 Å². The molecule has 0 aromatic rings. The predicted octanol–water partition coefficient (Wildman–Crippen LogP) is 2.88. The van der Waals surface area contributed by atoms with Gasteiger partial charge in [0.2, 0.25) is 0 Å². The summed E-state index contributed by atoms with van der Waals surface area (Å²) in [6.45, 7) is 17.4. The van der Waals surface area contributed by atoms with Gasteiger partial charge < -0.3 is 14.6 Å². The van der Waals surface area contributed by atoms with E-state index in [2.05, 4.69) is 39.3 Å². The molecule has 0 amide bonds. The molecule has 4 nitrogen and oxygen atoms in total. The lowest BCUT2D eigenvalue weighted by Gasteiger charge is -2.13. The number of carbonyl (C=O) groups excluding carboxylic acids is 2. The summed E-state index contributed by atoms with van der Waals surface area (Å²) in [5.74, 6) is -0.00238. The minimum Gasteiger partial charge on any atom is -0.470 e. The van der Waals surface area contributed by atoms with Crippen LogP contribution in [-0.4, -0.2) is 45.5 Å². The number of aliphatic hydroxyl groups excluding tert-OH is 1. The summed E-state index contributed by atoms with van der Waals surface area (Å²) in [5.41, 5.74) is 0. The second-order valence-electron chi connectivity index (χ2n) is 6.97. The molecule has 0 saturated carbocycles. The number of ether oxygens (including phenoxy) is 1. The zero-order valence-electron chi connectivity index (χ0n) is 14.1. The van der Waals surface area contributed by atoms with Gasteiger partial charge in [-0.15, -0.1) is 0 Å². The quantitative estimate of drug-likeness (QED) is 0.643. The van der Waals surface area contributed by atoms with Crippen molar-refractivity contribution in [2.45, 2.75) is 60.1 Å². The third kappa shape index (κ3) is 58.1. The average molecular weight is 309 g/mol. The summed E-state index contributed by atoms with van der Waals surface area (Å²) in [6, 6.07) is 0. The highest BCUT2D eigenvalue weighted by atomic mass is 28.3. The molecule has 0 bridgehead atoms. The van der Waals surface area contributed by atoms with Crippen LogP contribution in [0.1, 0.15) is 20.8 Å². The first-order valence-electron chi connectivity index (χ1n) is 6.42. The third-order valence-electron chi connectivity index (χ3n) is 1.18. The maximum absolute atomic E-state index is 10.3. The fourth-order valence-electron chi connectivity index (χ4n) is 0.318. The Morgan fingerprint density at radius 3 is 1.21 bits per heavy atom. The van der Waals surface area contributed by atoms with Gasteiger partial charge in [0, 0.05) is 13.2 Å². The molecule has 0 fully saturated rings. The van der Waals surface area contributed by atoms with Gasteiger partial charge in [0.15, 0.2) is 0 Å². The molecular formula is C13H32O4Si2. The minimum absolute atomic E-state index is 0.167. The molecule has 0 spiro atoms. The maximum atomic E-state index is 10.3. The summed E-state index contributed by atoms with van der Waals surface area (Å²) >= 11 is 0. The summed E-state index contributed by atoms with van der Waals surface area (Å²) in [7, 11) is -2.24. The molecule has 116 valence electrons. The summed E-state index contributed by atoms with van der Waals surface area (Å²) in [4.78, 5) is 19.7. The van der Waals surface area contributed by atoms with Crippen LogP contribution in [0.4, 0.5) is 0 Å². The number of hydrogen-bond donors (Lipinski definition) is 1. The average Bonchev–Trinajstić information content (AvgIpc) is 2.13. The third-order valence-corrected chi connectivity index (χ3v) is 3.14. The number of ketones is 1. The van der Waals surface area contributed by atoms with Crippen LogP contribution in [0.2, 0.25) is 39.3 Å². The van der Waals surface area contributed by atoms with Crippen LogP contribution in [0.25, 0.3) is 0 Å². The molecule has 6 heteroatoms. The molecule has 1 N–H and O–H groups in total. The smallest absolute Gasteiger partial charge is 0.302 e. The second kappa shape index (κ2) is 11.4. The van der Waals surface area contributed by atoms with Crippen molar-refractivity contribution in [3.63, 3.8) is 0 Å². The van der Waals surface area contributed by atoms with E-state index in [0.717, 1.165) is 0 Å². The number of hydrogen-bond acceptors (Lipinski definition) is 4. The van der Waals surface area contributed by atoms with Gasteiger partial charge in [-0.05, 0) is 13.8 Å². The Balaban J connectivity index is -0.000000222. The molecule has 0 aromatic carbocycles. The van der Waals surface area contributed by atoms with E-state index in [1.807, 2.05) is 0 Å². The van der Waals surface area contributed by atoms with E-state index in [4.69, 9.17) is 9.84 Å². The highest BCUT2D eigenvalue weighted by molar-refractivity contribution is 6.76. The Labute approximate surface area is 120 Å². The monoisotopic (exact) mass is 308 g/mol. The lowest BCUT2D eigenvalue weighted by molar-refractivity contribution is -0.139. The number of esters is 1.